The van der Waals surface area contributed by atoms with Crippen LogP contribution < -0.4 is 0 Å². The van der Waals surface area contributed by atoms with E-state index in [2.05, 4.69) is 54.8 Å². The largest absolute Gasteiger partial charge is 0.472 e. The second kappa shape index (κ2) is 34.6. The summed E-state index contributed by atoms with van der Waals surface area (Å²) in [4.78, 5) is 34.7. The molecule has 3 atom stereocenters. The molecule has 0 saturated carbocycles. The Morgan fingerprint density at radius 2 is 1.06 bits per heavy atom. The number of esters is 2. The first-order valence-corrected chi connectivity index (χ1v) is 20.4. The van der Waals surface area contributed by atoms with Crippen molar-refractivity contribution in [1.82, 2.24) is 0 Å². The molecule has 1 unspecified atom stereocenters. The molecule has 286 valence electrons. The van der Waals surface area contributed by atoms with E-state index >= 15 is 0 Å². The molecule has 0 spiro atoms. The Kier molecular flexibility index (Phi) is 33.4. The smallest absolute Gasteiger partial charge is 0.462 e. The number of ether oxygens (including phenoxy) is 2. The van der Waals surface area contributed by atoms with Crippen molar-refractivity contribution in [2.45, 2.75) is 167 Å². The number of hydrogen-bond acceptors (Lipinski definition) is 9. The van der Waals surface area contributed by atoms with Crippen LogP contribution in [0, 0.1) is 0 Å². The number of carbonyl (C=O) groups is 2. The van der Waals surface area contributed by atoms with Gasteiger partial charge in [-0.25, -0.2) is 4.57 Å². The molecule has 0 aromatic carbocycles. The average molecular weight is 717 g/mol. The normalized spacial score (nSPS) is 14.5. The molecule has 0 aromatic heterocycles. The SMILES string of the molecule is CCCCC/C=C\C/C=C\C/C=C\CCCCCCC(=O)OC[C@H](COP(=O)(O)OC[C@@H](O)CO)OC(=O)CCCCCCCCCCC. The molecule has 49 heavy (non-hydrogen) atoms. The van der Waals surface area contributed by atoms with Gasteiger partial charge in [0, 0.05) is 12.8 Å². The first-order chi connectivity index (χ1) is 23.7. The van der Waals surface area contributed by atoms with Gasteiger partial charge in [0.05, 0.1) is 19.8 Å². The van der Waals surface area contributed by atoms with Crippen LogP contribution in [0.3, 0.4) is 0 Å². The summed E-state index contributed by atoms with van der Waals surface area (Å²) in [6.45, 7) is 2.28. The summed E-state index contributed by atoms with van der Waals surface area (Å²) in [7, 11) is -4.61. The third kappa shape index (κ3) is 34.4. The van der Waals surface area contributed by atoms with Crippen molar-refractivity contribution in [3.63, 3.8) is 0 Å². The highest BCUT2D eigenvalue weighted by molar-refractivity contribution is 7.47. The molecule has 11 heteroatoms. The van der Waals surface area contributed by atoms with Crippen molar-refractivity contribution in [2.75, 3.05) is 26.4 Å². The van der Waals surface area contributed by atoms with Crippen LogP contribution in [0.5, 0.6) is 0 Å². The van der Waals surface area contributed by atoms with E-state index in [1.165, 1.54) is 57.8 Å². The number of allylic oxidation sites excluding steroid dienone is 6. The van der Waals surface area contributed by atoms with E-state index in [0.717, 1.165) is 57.8 Å². The van der Waals surface area contributed by atoms with Gasteiger partial charge in [0.1, 0.15) is 12.7 Å². The molecule has 3 N–H and O–H groups in total. The molecule has 0 aliphatic rings. The maximum atomic E-state index is 12.5. The molecule has 0 amide bonds. The molecule has 0 fully saturated rings. The Hall–Kier alpha value is -1.81. The van der Waals surface area contributed by atoms with Crippen molar-refractivity contribution < 1.29 is 47.8 Å². The highest BCUT2D eigenvalue weighted by Crippen LogP contribution is 2.43. The van der Waals surface area contributed by atoms with Crippen molar-refractivity contribution in [2.24, 2.45) is 0 Å². The zero-order valence-corrected chi connectivity index (χ0v) is 31.5. The minimum absolute atomic E-state index is 0.180. The first kappa shape index (κ1) is 47.2. The summed E-state index contributed by atoms with van der Waals surface area (Å²) in [5, 5.41) is 18.2. The van der Waals surface area contributed by atoms with Gasteiger partial charge in [-0.2, -0.15) is 0 Å². The van der Waals surface area contributed by atoms with Gasteiger partial charge in [0.15, 0.2) is 6.10 Å². The van der Waals surface area contributed by atoms with E-state index < -0.39 is 51.8 Å². The highest BCUT2D eigenvalue weighted by Gasteiger charge is 2.27. The molecule has 0 aliphatic heterocycles. The van der Waals surface area contributed by atoms with E-state index in [1.807, 2.05) is 0 Å². The Labute approximate surface area is 297 Å². The minimum atomic E-state index is -4.61. The van der Waals surface area contributed by atoms with Crippen LogP contribution in [0.15, 0.2) is 36.5 Å². The molecular formula is C38H69O10P. The van der Waals surface area contributed by atoms with Gasteiger partial charge in [-0.05, 0) is 51.4 Å². The van der Waals surface area contributed by atoms with E-state index in [1.54, 1.807) is 0 Å². The number of carbonyl (C=O) groups excluding carboxylic acids is 2. The second-order valence-electron chi connectivity index (χ2n) is 12.6. The molecule has 0 aliphatic carbocycles. The molecule has 0 heterocycles. The number of phosphoric acid groups is 1. The summed E-state index contributed by atoms with van der Waals surface area (Å²) in [6.07, 6.45) is 32.6. The zero-order valence-electron chi connectivity index (χ0n) is 30.7. The zero-order chi connectivity index (χ0) is 36.3. The van der Waals surface area contributed by atoms with Gasteiger partial charge in [-0.3, -0.25) is 18.6 Å². The Balaban J connectivity index is 4.36. The van der Waals surface area contributed by atoms with E-state index in [4.69, 9.17) is 19.1 Å². The lowest BCUT2D eigenvalue weighted by atomic mass is 10.1. The van der Waals surface area contributed by atoms with Crippen LogP contribution in [-0.2, 0) is 32.7 Å². The third-order valence-corrected chi connectivity index (χ3v) is 8.75. The number of hydrogen-bond donors (Lipinski definition) is 3. The summed E-state index contributed by atoms with van der Waals surface area (Å²) in [5.41, 5.74) is 0. The minimum Gasteiger partial charge on any atom is -0.462 e. The molecular weight excluding hydrogens is 647 g/mol. The lowest BCUT2D eigenvalue weighted by Crippen LogP contribution is -2.29. The van der Waals surface area contributed by atoms with Crippen LogP contribution in [0.25, 0.3) is 0 Å². The molecule has 0 bridgehead atoms. The van der Waals surface area contributed by atoms with Crippen molar-refractivity contribution >= 4 is 19.8 Å². The Morgan fingerprint density at radius 3 is 1.63 bits per heavy atom. The quantitative estimate of drug-likeness (QED) is 0.0251. The van der Waals surface area contributed by atoms with Crippen molar-refractivity contribution in [1.29, 1.82) is 0 Å². The first-order valence-electron chi connectivity index (χ1n) is 18.9. The van der Waals surface area contributed by atoms with Crippen LogP contribution in [-0.4, -0.2) is 65.7 Å². The lowest BCUT2D eigenvalue weighted by Gasteiger charge is -2.20. The van der Waals surface area contributed by atoms with Gasteiger partial charge in [-0.15, -0.1) is 0 Å². The van der Waals surface area contributed by atoms with Crippen molar-refractivity contribution in [3.05, 3.63) is 36.5 Å². The fraction of sp³-hybridized carbons (Fsp3) is 0.789. The summed E-state index contributed by atoms with van der Waals surface area (Å²) in [5.74, 6) is -0.954. The van der Waals surface area contributed by atoms with Crippen LogP contribution in [0.4, 0.5) is 0 Å². The summed E-state index contributed by atoms with van der Waals surface area (Å²) < 4.78 is 32.5. The number of aliphatic hydroxyl groups is 2. The molecule has 0 rings (SSSR count). The van der Waals surface area contributed by atoms with Crippen molar-refractivity contribution in [3.8, 4) is 0 Å². The predicted molar refractivity (Wildman–Crippen MR) is 196 cm³/mol. The number of phosphoric ester groups is 1. The fourth-order valence-electron chi connectivity index (χ4n) is 4.82. The second-order valence-corrected chi connectivity index (χ2v) is 14.1. The van der Waals surface area contributed by atoms with Gasteiger partial charge in [-0.1, -0.05) is 127 Å². The number of unbranched alkanes of at least 4 members (excludes halogenated alkanes) is 15. The van der Waals surface area contributed by atoms with Gasteiger partial charge < -0.3 is 24.6 Å². The maximum absolute atomic E-state index is 12.5. The molecule has 0 saturated heterocycles. The average Bonchev–Trinajstić information content (AvgIpc) is 3.09. The van der Waals surface area contributed by atoms with Crippen LogP contribution >= 0.6 is 7.82 Å². The summed E-state index contributed by atoms with van der Waals surface area (Å²) in [6, 6.07) is 0. The Bertz CT molecular complexity index is 920. The standard InChI is InChI=1S/C38H69O10P/c1-3-5-7-9-11-13-14-15-16-17-18-19-20-22-23-25-27-29-37(41)45-33-36(34-47-49(43,44)46-32-35(40)31-39)48-38(42)30-28-26-24-21-12-10-8-6-4-2/h11,13,15-16,18-19,35-36,39-40H,3-10,12,14,17,20-34H2,1-2H3,(H,43,44)/b13-11-,16-15-,19-18-/t35-,36+/m0/s1. The molecule has 0 aromatic rings. The van der Waals surface area contributed by atoms with E-state index in [0.29, 0.717) is 12.8 Å². The summed E-state index contributed by atoms with van der Waals surface area (Å²) >= 11 is 0. The van der Waals surface area contributed by atoms with E-state index in [-0.39, 0.29) is 19.4 Å². The van der Waals surface area contributed by atoms with Gasteiger partial charge in [0.2, 0.25) is 0 Å². The Morgan fingerprint density at radius 1 is 0.612 bits per heavy atom. The van der Waals surface area contributed by atoms with Crippen LogP contribution in [0.2, 0.25) is 0 Å². The molecule has 0 radical (unpaired) electrons. The number of aliphatic hydroxyl groups excluding tert-OH is 2. The monoisotopic (exact) mass is 716 g/mol. The van der Waals surface area contributed by atoms with E-state index in [9.17, 15) is 24.2 Å². The van der Waals surface area contributed by atoms with Gasteiger partial charge >= 0.3 is 19.8 Å². The molecule has 10 nitrogen and oxygen atoms in total. The highest BCUT2D eigenvalue weighted by atomic mass is 31.2. The lowest BCUT2D eigenvalue weighted by molar-refractivity contribution is -0.161. The maximum Gasteiger partial charge on any atom is 0.472 e. The topological polar surface area (TPSA) is 149 Å². The fourth-order valence-corrected chi connectivity index (χ4v) is 5.61. The van der Waals surface area contributed by atoms with Gasteiger partial charge in [0.25, 0.3) is 0 Å². The number of rotatable bonds is 35. The van der Waals surface area contributed by atoms with Crippen LogP contribution in [0.1, 0.15) is 155 Å². The third-order valence-electron chi connectivity index (χ3n) is 7.80. The predicted octanol–water partition coefficient (Wildman–Crippen LogP) is 9.22.